The molecule has 1 unspecified atom stereocenters. The van der Waals surface area contributed by atoms with Crippen molar-refractivity contribution in [1.29, 1.82) is 0 Å². The molecular weight excluding hydrogens is 248 g/mol. The smallest absolute Gasteiger partial charge is 0.123 e. The van der Waals surface area contributed by atoms with Gasteiger partial charge in [0, 0.05) is 24.7 Å². The zero-order valence-corrected chi connectivity index (χ0v) is 12.9. The van der Waals surface area contributed by atoms with Crippen molar-refractivity contribution in [1.82, 2.24) is 4.90 Å². The summed E-state index contributed by atoms with van der Waals surface area (Å²) in [6, 6.07) is 7.03. The lowest BCUT2D eigenvalue weighted by atomic mass is 10.1. The Bertz CT molecular complexity index is 419. The average Bonchev–Trinajstić information content (AvgIpc) is 2.72. The molecule has 2 rings (SSSR count). The summed E-state index contributed by atoms with van der Waals surface area (Å²) in [7, 11) is 1.75. The van der Waals surface area contributed by atoms with Gasteiger partial charge in [-0.2, -0.15) is 0 Å². The van der Waals surface area contributed by atoms with Crippen LogP contribution < -0.4 is 10.5 Å². The summed E-state index contributed by atoms with van der Waals surface area (Å²) in [6.45, 7) is 5.08. The average molecular weight is 276 g/mol. The molecule has 1 atom stereocenters. The lowest BCUT2D eigenvalue weighted by molar-refractivity contribution is 0.184. The molecule has 0 saturated carbocycles. The van der Waals surface area contributed by atoms with Gasteiger partial charge in [-0.25, -0.2) is 0 Å². The van der Waals surface area contributed by atoms with Gasteiger partial charge < -0.3 is 10.5 Å². The highest BCUT2D eigenvalue weighted by molar-refractivity contribution is 5.37. The molecule has 0 radical (unpaired) electrons. The monoisotopic (exact) mass is 276 g/mol. The molecule has 1 fully saturated rings. The van der Waals surface area contributed by atoms with Gasteiger partial charge in [-0.15, -0.1) is 0 Å². The van der Waals surface area contributed by atoms with E-state index in [1.807, 2.05) is 0 Å². The van der Waals surface area contributed by atoms with Gasteiger partial charge in [-0.3, -0.25) is 4.90 Å². The molecular formula is C17H28N2O. The topological polar surface area (TPSA) is 38.5 Å². The molecule has 1 aliphatic rings. The third kappa shape index (κ3) is 3.74. The fourth-order valence-corrected chi connectivity index (χ4v) is 3.21. The van der Waals surface area contributed by atoms with Gasteiger partial charge in [0.25, 0.3) is 0 Å². The standard InChI is InChI=1S/C17H28N2O/c1-3-16-7-5-4-6-10-19(16)13-15-11-14(12-18)8-9-17(15)20-2/h8-9,11,16H,3-7,10,12-13,18H2,1-2H3. The molecule has 0 aromatic heterocycles. The van der Waals surface area contributed by atoms with Crippen molar-refractivity contribution in [3.8, 4) is 5.75 Å². The summed E-state index contributed by atoms with van der Waals surface area (Å²) in [6.07, 6.45) is 6.62. The first-order valence-electron chi connectivity index (χ1n) is 7.88. The third-order valence-electron chi connectivity index (χ3n) is 4.42. The molecule has 0 bridgehead atoms. The minimum atomic E-state index is 0.591. The zero-order valence-electron chi connectivity index (χ0n) is 12.9. The fraction of sp³-hybridized carbons (Fsp3) is 0.647. The number of hydrogen-bond donors (Lipinski definition) is 1. The van der Waals surface area contributed by atoms with Crippen LogP contribution >= 0.6 is 0 Å². The highest BCUT2D eigenvalue weighted by Crippen LogP contribution is 2.26. The van der Waals surface area contributed by atoms with Crippen LogP contribution in [-0.4, -0.2) is 24.6 Å². The minimum absolute atomic E-state index is 0.591. The van der Waals surface area contributed by atoms with Crippen LogP contribution in [0.25, 0.3) is 0 Å². The predicted octanol–water partition coefficient (Wildman–Crippen LogP) is 3.31. The molecule has 1 aromatic rings. The third-order valence-corrected chi connectivity index (χ3v) is 4.42. The number of rotatable bonds is 5. The summed E-state index contributed by atoms with van der Waals surface area (Å²) < 4.78 is 5.52. The summed E-state index contributed by atoms with van der Waals surface area (Å²) in [5.41, 5.74) is 8.23. The highest BCUT2D eigenvalue weighted by Gasteiger charge is 2.20. The minimum Gasteiger partial charge on any atom is -0.496 e. The van der Waals surface area contributed by atoms with Crippen molar-refractivity contribution in [3.05, 3.63) is 29.3 Å². The predicted molar refractivity (Wildman–Crippen MR) is 83.8 cm³/mol. The molecule has 3 nitrogen and oxygen atoms in total. The van der Waals surface area contributed by atoms with Crippen LogP contribution in [0.2, 0.25) is 0 Å². The van der Waals surface area contributed by atoms with Crippen molar-refractivity contribution in [2.75, 3.05) is 13.7 Å². The van der Waals surface area contributed by atoms with Crippen molar-refractivity contribution in [2.45, 2.75) is 58.2 Å². The van der Waals surface area contributed by atoms with Crippen LogP contribution in [0.3, 0.4) is 0 Å². The summed E-state index contributed by atoms with van der Waals surface area (Å²) in [4.78, 5) is 2.63. The molecule has 2 N–H and O–H groups in total. The molecule has 0 amide bonds. The second-order valence-electron chi connectivity index (χ2n) is 5.73. The Labute approximate surface area is 123 Å². The van der Waals surface area contributed by atoms with E-state index in [2.05, 4.69) is 30.0 Å². The molecule has 1 heterocycles. The SMILES string of the molecule is CCC1CCCCCN1Cc1cc(CN)ccc1OC. The Morgan fingerprint density at radius 1 is 1.30 bits per heavy atom. The van der Waals surface area contributed by atoms with Crippen LogP contribution in [0.4, 0.5) is 0 Å². The van der Waals surface area contributed by atoms with Gasteiger partial charge in [0.05, 0.1) is 7.11 Å². The van der Waals surface area contributed by atoms with Gasteiger partial charge in [0.1, 0.15) is 5.75 Å². The summed E-state index contributed by atoms with van der Waals surface area (Å²) in [5, 5.41) is 0. The zero-order chi connectivity index (χ0) is 14.4. The summed E-state index contributed by atoms with van der Waals surface area (Å²) >= 11 is 0. The Morgan fingerprint density at radius 2 is 2.15 bits per heavy atom. The highest BCUT2D eigenvalue weighted by atomic mass is 16.5. The Hall–Kier alpha value is -1.06. The van der Waals surface area contributed by atoms with E-state index >= 15 is 0 Å². The van der Waals surface area contributed by atoms with Gasteiger partial charge in [0.15, 0.2) is 0 Å². The van der Waals surface area contributed by atoms with Crippen LogP contribution in [0.5, 0.6) is 5.75 Å². The Balaban J connectivity index is 2.17. The van der Waals surface area contributed by atoms with E-state index in [0.717, 1.165) is 12.3 Å². The van der Waals surface area contributed by atoms with Crippen LogP contribution in [0.1, 0.15) is 50.2 Å². The number of methoxy groups -OCH3 is 1. The van der Waals surface area contributed by atoms with Crippen molar-refractivity contribution >= 4 is 0 Å². The van der Waals surface area contributed by atoms with Crippen LogP contribution in [0.15, 0.2) is 18.2 Å². The van der Waals surface area contributed by atoms with Gasteiger partial charge >= 0.3 is 0 Å². The molecule has 1 aromatic carbocycles. The lowest BCUT2D eigenvalue weighted by Crippen LogP contribution is -2.34. The number of ether oxygens (including phenoxy) is 1. The number of nitrogens with two attached hydrogens (primary N) is 1. The van der Waals surface area contributed by atoms with Crippen LogP contribution in [0, 0.1) is 0 Å². The molecule has 0 aliphatic carbocycles. The first kappa shape index (κ1) is 15.3. The molecule has 1 aliphatic heterocycles. The van der Waals surface area contributed by atoms with E-state index in [1.165, 1.54) is 49.8 Å². The Morgan fingerprint density at radius 3 is 2.85 bits per heavy atom. The second kappa shape index (κ2) is 7.65. The normalized spacial score (nSPS) is 20.6. The molecule has 112 valence electrons. The Kier molecular flexibility index (Phi) is 5.86. The van der Waals surface area contributed by atoms with E-state index in [-0.39, 0.29) is 0 Å². The summed E-state index contributed by atoms with van der Waals surface area (Å²) in [5.74, 6) is 0.987. The molecule has 0 spiro atoms. The molecule has 20 heavy (non-hydrogen) atoms. The van der Waals surface area contributed by atoms with E-state index in [4.69, 9.17) is 10.5 Å². The van der Waals surface area contributed by atoms with E-state index in [0.29, 0.717) is 12.6 Å². The lowest BCUT2D eigenvalue weighted by Gasteiger charge is -2.29. The quantitative estimate of drug-likeness (QED) is 0.896. The number of hydrogen-bond acceptors (Lipinski definition) is 3. The maximum absolute atomic E-state index is 5.77. The van der Waals surface area contributed by atoms with E-state index in [9.17, 15) is 0 Å². The fourth-order valence-electron chi connectivity index (χ4n) is 3.21. The first-order chi connectivity index (χ1) is 9.78. The van der Waals surface area contributed by atoms with Crippen LogP contribution in [-0.2, 0) is 13.1 Å². The van der Waals surface area contributed by atoms with Crippen molar-refractivity contribution < 1.29 is 4.74 Å². The van der Waals surface area contributed by atoms with Gasteiger partial charge in [-0.1, -0.05) is 25.8 Å². The number of nitrogens with zero attached hydrogens (tertiary/aromatic N) is 1. The van der Waals surface area contributed by atoms with Crippen molar-refractivity contribution in [2.24, 2.45) is 5.73 Å². The van der Waals surface area contributed by atoms with E-state index in [1.54, 1.807) is 7.11 Å². The second-order valence-corrected chi connectivity index (χ2v) is 5.73. The van der Waals surface area contributed by atoms with Gasteiger partial charge in [-0.05, 0) is 43.5 Å². The van der Waals surface area contributed by atoms with Gasteiger partial charge in [0.2, 0.25) is 0 Å². The number of benzene rings is 1. The maximum Gasteiger partial charge on any atom is 0.123 e. The maximum atomic E-state index is 5.77. The molecule has 3 heteroatoms. The molecule has 1 saturated heterocycles. The van der Waals surface area contributed by atoms with E-state index < -0.39 is 0 Å². The number of likely N-dealkylation sites (tertiary alicyclic amines) is 1. The first-order valence-corrected chi connectivity index (χ1v) is 7.88. The van der Waals surface area contributed by atoms with Crippen molar-refractivity contribution in [3.63, 3.8) is 0 Å². The largest absolute Gasteiger partial charge is 0.496 e.